The van der Waals surface area contributed by atoms with Crippen molar-refractivity contribution >= 4 is 33.4 Å². The van der Waals surface area contributed by atoms with Crippen molar-refractivity contribution in [3.05, 3.63) is 65.7 Å². The van der Waals surface area contributed by atoms with E-state index < -0.39 is 0 Å². The molecule has 0 unspecified atom stereocenters. The lowest BCUT2D eigenvalue weighted by Crippen LogP contribution is -3.00. The van der Waals surface area contributed by atoms with Gasteiger partial charge in [-0.25, -0.2) is 4.98 Å². The lowest BCUT2D eigenvalue weighted by Gasteiger charge is -2.10. The van der Waals surface area contributed by atoms with Crippen molar-refractivity contribution in [3.8, 4) is 5.69 Å². The molecule has 5 heteroatoms. The number of nitrogen functional groups attached to an aromatic ring is 2. The van der Waals surface area contributed by atoms with Gasteiger partial charge < -0.3 is 23.9 Å². The molecular formula is C20H19ClN4. The van der Waals surface area contributed by atoms with Crippen LogP contribution in [0, 0.1) is 13.8 Å². The Hall–Kier alpha value is -2.85. The number of anilines is 2. The van der Waals surface area contributed by atoms with Gasteiger partial charge in [-0.1, -0.05) is 18.2 Å². The van der Waals surface area contributed by atoms with Crippen LogP contribution < -0.4 is 28.4 Å². The van der Waals surface area contributed by atoms with Crippen molar-refractivity contribution in [3.63, 3.8) is 0 Å². The van der Waals surface area contributed by atoms with Crippen LogP contribution in [0.4, 0.5) is 11.4 Å². The fourth-order valence-electron chi connectivity index (χ4n) is 3.24. The number of nitrogens with two attached hydrogens (primary N) is 2. The van der Waals surface area contributed by atoms with Gasteiger partial charge >= 0.3 is 0 Å². The third kappa shape index (κ3) is 2.65. The van der Waals surface area contributed by atoms with Gasteiger partial charge in [0, 0.05) is 35.1 Å². The molecule has 0 aliphatic heterocycles. The molecular weight excluding hydrogens is 332 g/mol. The molecule has 0 atom stereocenters. The van der Waals surface area contributed by atoms with Crippen LogP contribution in [-0.2, 0) is 0 Å². The second-order valence-corrected chi connectivity index (χ2v) is 6.13. The monoisotopic (exact) mass is 350 g/mol. The summed E-state index contributed by atoms with van der Waals surface area (Å²) < 4.78 is 2.19. The summed E-state index contributed by atoms with van der Waals surface area (Å²) in [6.07, 6.45) is 0. The maximum absolute atomic E-state index is 6.30. The van der Waals surface area contributed by atoms with Gasteiger partial charge in [-0.15, -0.1) is 4.57 Å². The highest BCUT2D eigenvalue weighted by Gasteiger charge is 2.23. The van der Waals surface area contributed by atoms with E-state index in [1.54, 1.807) is 0 Å². The molecule has 0 aliphatic carbocycles. The third-order valence-electron chi connectivity index (χ3n) is 4.50. The summed E-state index contributed by atoms with van der Waals surface area (Å²) in [4.78, 5) is 4.84. The Morgan fingerprint density at radius 1 is 0.880 bits per heavy atom. The number of para-hydroxylation sites is 1. The number of aryl methyl sites for hydroxylation is 2. The average Bonchev–Trinajstić information content (AvgIpc) is 2.59. The van der Waals surface area contributed by atoms with E-state index in [0.29, 0.717) is 5.69 Å². The molecule has 0 amide bonds. The second kappa shape index (κ2) is 6.22. The summed E-state index contributed by atoms with van der Waals surface area (Å²) in [5.74, 6) is 0. The Kier molecular flexibility index (Phi) is 4.23. The van der Waals surface area contributed by atoms with E-state index in [1.165, 1.54) is 0 Å². The standard InChI is InChI=1S/C20H18N4.ClH/c1-12-10-17-20(13(2)19(12)22)24(15-6-4-3-5-7-15)18-11-14(21)8-9-16(18)23-17;/h3-11H,1-2H3,(H3,21,22);1H. The minimum Gasteiger partial charge on any atom is -1.00 e. The number of benzene rings is 3. The van der Waals surface area contributed by atoms with E-state index in [9.17, 15) is 0 Å². The molecule has 25 heavy (non-hydrogen) atoms. The number of rotatable bonds is 1. The van der Waals surface area contributed by atoms with E-state index in [4.69, 9.17) is 16.5 Å². The molecule has 0 fully saturated rings. The van der Waals surface area contributed by atoms with Gasteiger partial charge in [-0.3, -0.25) is 0 Å². The van der Waals surface area contributed by atoms with Crippen LogP contribution >= 0.6 is 0 Å². The van der Waals surface area contributed by atoms with E-state index in [-0.39, 0.29) is 12.4 Å². The largest absolute Gasteiger partial charge is 1.00 e. The smallest absolute Gasteiger partial charge is 0.242 e. The molecule has 0 spiro atoms. The van der Waals surface area contributed by atoms with Gasteiger partial charge in [0.2, 0.25) is 16.7 Å². The van der Waals surface area contributed by atoms with E-state index in [1.807, 2.05) is 56.3 Å². The molecule has 0 saturated carbocycles. The Bertz CT molecular complexity index is 1090. The molecule has 0 saturated heterocycles. The van der Waals surface area contributed by atoms with Gasteiger partial charge in [-0.2, -0.15) is 0 Å². The highest BCUT2D eigenvalue weighted by molar-refractivity contribution is 5.88. The topological polar surface area (TPSA) is 68.8 Å². The van der Waals surface area contributed by atoms with Crippen LogP contribution in [0.5, 0.6) is 0 Å². The highest BCUT2D eigenvalue weighted by Crippen LogP contribution is 2.27. The predicted octanol–water partition coefficient (Wildman–Crippen LogP) is 0.450. The molecule has 1 aromatic heterocycles. The average molecular weight is 351 g/mol. The summed E-state index contributed by atoms with van der Waals surface area (Å²) in [5.41, 5.74) is 20.8. The molecule has 0 bridgehead atoms. The van der Waals surface area contributed by atoms with Crippen LogP contribution in [0.25, 0.3) is 27.8 Å². The number of hydrogen-bond donors (Lipinski definition) is 2. The highest BCUT2D eigenvalue weighted by atomic mass is 35.5. The zero-order chi connectivity index (χ0) is 16.8. The first kappa shape index (κ1) is 17.0. The number of fused-ring (bicyclic) bond motifs is 2. The lowest BCUT2D eigenvalue weighted by molar-refractivity contribution is -0.538. The second-order valence-electron chi connectivity index (χ2n) is 6.13. The first-order chi connectivity index (χ1) is 11.6. The van der Waals surface area contributed by atoms with Crippen molar-refractivity contribution in [2.45, 2.75) is 13.8 Å². The summed E-state index contributed by atoms with van der Waals surface area (Å²) in [6.45, 7) is 4.06. The minimum absolute atomic E-state index is 0. The lowest BCUT2D eigenvalue weighted by atomic mass is 10.1. The Morgan fingerprint density at radius 2 is 1.60 bits per heavy atom. The fraction of sp³-hybridized carbons (Fsp3) is 0.100. The maximum Gasteiger partial charge on any atom is 0.242 e. The number of aromatic nitrogens is 2. The number of halogens is 1. The molecule has 4 rings (SSSR count). The summed E-state index contributed by atoms with van der Waals surface area (Å²) in [7, 11) is 0. The zero-order valence-corrected chi connectivity index (χ0v) is 14.9. The molecule has 1 heterocycles. The maximum atomic E-state index is 6.30. The quantitative estimate of drug-likeness (QED) is 0.297. The van der Waals surface area contributed by atoms with Crippen molar-refractivity contribution in [2.24, 2.45) is 0 Å². The summed E-state index contributed by atoms with van der Waals surface area (Å²) in [6, 6.07) is 18.1. The fourth-order valence-corrected chi connectivity index (χ4v) is 3.24. The van der Waals surface area contributed by atoms with Crippen molar-refractivity contribution < 1.29 is 17.0 Å². The Balaban J connectivity index is 0.00000182. The molecule has 0 aliphatic rings. The van der Waals surface area contributed by atoms with Crippen molar-refractivity contribution in [1.29, 1.82) is 0 Å². The Morgan fingerprint density at radius 3 is 2.32 bits per heavy atom. The molecule has 4 aromatic rings. The summed E-state index contributed by atoms with van der Waals surface area (Å²) >= 11 is 0. The molecule has 0 radical (unpaired) electrons. The molecule has 4 N–H and O–H groups in total. The third-order valence-corrected chi connectivity index (χ3v) is 4.50. The van der Waals surface area contributed by atoms with Crippen LogP contribution in [0.2, 0.25) is 0 Å². The van der Waals surface area contributed by atoms with Gasteiger partial charge in [-0.05, 0) is 37.6 Å². The number of nitrogens with zero attached hydrogens (tertiary/aromatic N) is 2. The predicted molar refractivity (Wildman–Crippen MR) is 99.1 cm³/mol. The van der Waals surface area contributed by atoms with E-state index in [2.05, 4.69) is 16.7 Å². The SMILES string of the molecule is Cc1cc2nc3ccc(N)cc3[n+](-c3ccccc3)c2c(C)c1N.[Cl-]. The van der Waals surface area contributed by atoms with Crippen LogP contribution in [0.15, 0.2) is 54.6 Å². The zero-order valence-electron chi connectivity index (χ0n) is 14.1. The van der Waals surface area contributed by atoms with Gasteiger partial charge in [0.15, 0.2) is 0 Å². The van der Waals surface area contributed by atoms with Gasteiger partial charge in [0.05, 0.1) is 0 Å². The van der Waals surface area contributed by atoms with E-state index >= 15 is 0 Å². The molecule has 126 valence electrons. The first-order valence-electron chi connectivity index (χ1n) is 7.92. The van der Waals surface area contributed by atoms with E-state index in [0.717, 1.165) is 44.6 Å². The minimum atomic E-state index is 0. The van der Waals surface area contributed by atoms with Crippen LogP contribution in [0.1, 0.15) is 11.1 Å². The van der Waals surface area contributed by atoms with Gasteiger partial charge in [0.1, 0.15) is 11.0 Å². The van der Waals surface area contributed by atoms with Gasteiger partial charge in [0.25, 0.3) is 0 Å². The molecule has 4 nitrogen and oxygen atoms in total. The van der Waals surface area contributed by atoms with Crippen molar-refractivity contribution in [2.75, 3.05) is 11.5 Å². The van der Waals surface area contributed by atoms with Crippen molar-refractivity contribution in [1.82, 2.24) is 4.98 Å². The summed E-state index contributed by atoms with van der Waals surface area (Å²) in [5, 5.41) is 0. The Labute approximate surface area is 152 Å². The first-order valence-corrected chi connectivity index (χ1v) is 7.92. The number of hydrogen-bond acceptors (Lipinski definition) is 3. The van der Waals surface area contributed by atoms with Crippen LogP contribution in [-0.4, -0.2) is 4.98 Å². The van der Waals surface area contributed by atoms with Crippen LogP contribution in [0.3, 0.4) is 0 Å². The normalized spacial score (nSPS) is 10.8. The molecule has 3 aromatic carbocycles.